The van der Waals surface area contributed by atoms with E-state index in [-0.39, 0.29) is 37.9 Å². The molecule has 1 N–H and O–H groups in total. The number of carbonyl (C=O) groups is 2. The van der Waals surface area contributed by atoms with Crippen LogP contribution in [0.3, 0.4) is 0 Å². The van der Waals surface area contributed by atoms with Crippen LogP contribution in [0, 0.1) is 0 Å². The van der Waals surface area contributed by atoms with E-state index in [1.54, 1.807) is 36.0 Å². The van der Waals surface area contributed by atoms with Gasteiger partial charge >= 0.3 is 5.97 Å². The second-order valence-electron chi connectivity index (χ2n) is 7.38. The maximum absolute atomic E-state index is 12.7. The molecule has 1 unspecified atom stereocenters. The average molecular weight is 433 g/mol. The van der Waals surface area contributed by atoms with E-state index in [1.807, 2.05) is 26.0 Å². The van der Waals surface area contributed by atoms with Crippen LogP contribution < -0.4 is 5.32 Å². The van der Waals surface area contributed by atoms with E-state index in [0.29, 0.717) is 16.4 Å². The number of nitrogens with zero attached hydrogens (tertiary/aromatic N) is 3. The number of hydrogen-bond donors (Lipinski definition) is 1. The highest BCUT2D eigenvalue weighted by atomic mass is 35.5. The van der Waals surface area contributed by atoms with Gasteiger partial charge in [-0.2, -0.15) is 5.10 Å². The standard InChI is InChI=1S/C21H25ClN4O4/c1-4-29-20(28)21(11-15-6-5-7-16(22)10-15)12-17(25-30-21)13-23-19(27)18-8-9-24-26(18)14(2)3/h5-10,14H,4,11-13H2,1-3H3,(H,23,27). The van der Waals surface area contributed by atoms with Gasteiger partial charge in [-0.3, -0.25) is 9.48 Å². The Morgan fingerprint density at radius 2 is 2.17 bits per heavy atom. The molecule has 30 heavy (non-hydrogen) atoms. The summed E-state index contributed by atoms with van der Waals surface area (Å²) in [6.45, 7) is 6.01. The van der Waals surface area contributed by atoms with Crippen molar-refractivity contribution in [1.82, 2.24) is 15.1 Å². The molecule has 0 saturated carbocycles. The molecule has 9 heteroatoms. The first-order valence-corrected chi connectivity index (χ1v) is 10.2. The first-order valence-electron chi connectivity index (χ1n) is 9.82. The van der Waals surface area contributed by atoms with Crippen LogP contribution in [-0.2, 0) is 20.8 Å². The van der Waals surface area contributed by atoms with Crippen molar-refractivity contribution in [1.29, 1.82) is 0 Å². The zero-order valence-electron chi connectivity index (χ0n) is 17.2. The summed E-state index contributed by atoms with van der Waals surface area (Å²) in [6.07, 6.45) is 2.05. The lowest BCUT2D eigenvalue weighted by molar-refractivity contribution is -0.168. The number of hydrogen-bond acceptors (Lipinski definition) is 6. The van der Waals surface area contributed by atoms with Crippen LogP contribution >= 0.6 is 11.6 Å². The van der Waals surface area contributed by atoms with E-state index in [9.17, 15) is 9.59 Å². The molecular formula is C21H25ClN4O4. The Kier molecular flexibility index (Phi) is 6.77. The van der Waals surface area contributed by atoms with Crippen molar-refractivity contribution in [2.24, 2.45) is 5.16 Å². The number of oxime groups is 1. The SMILES string of the molecule is CCOC(=O)C1(Cc2cccc(Cl)c2)CC(CNC(=O)c2ccnn2C(C)C)=NO1. The molecule has 1 aromatic carbocycles. The van der Waals surface area contributed by atoms with E-state index in [1.165, 1.54) is 0 Å². The summed E-state index contributed by atoms with van der Waals surface area (Å²) in [5.74, 6) is -0.764. The van der Waals surface area contributed by atoms with Crippen molar-refractivity contribution in [3.8, 4) is 0 Å². The molecule has 1 amide bonds. The molecule has 1 aromatic heterocycles. The van der Waals surface area contributed by atoms with Gasteiger partial charge in [0.1, 0.15) is 5.69 Å². The van der Waals surface area contributed by atoms with Gasteiger partial charge in [0.25, 0.3) is 5.91 Å². The molecule has 0 fully saturated rings. The fourth-order valence-corrected chi connectivity index (χ4v) is 3.55. The third-order valence-corrected chi connectivity index (χ3v) is 4.95. The number of benzene rings is 1. The van der Waals surface area contributed by atoms with Crippen LogP contribution in [0.4, 0.5) is 0 Å². The van der Waals surface area contributed by atoms with Crippen molar-refractivity contribution in [3.05, 3.63) is 52.8 Å². The van der Waals surface area contributed by atoms with E-state index >= 15 is 0 Å². The predicted molar refractivity (Wildman–Crippen MR) is 113 cm³/mol. The first-order chi connectivity index (χ1) is 14.3. The van der Waals surface area contributed by atoms with Crippen LogP contribution in [-0.4, -0.2) is 46.1 Å². The molecule has 3 rings (SSSR count). The fourth-order valence-electron chi connectivity index (χ4n) is 3.33. The van der Waals surface area contributed by atoms with Gasteiger partial charge < -0.3 is 14.9 Å². The summed E-state index contributed by atoms with van der Waals surface area (Å²) in [7, 11) is 0. The molecular weight excluding hydrogens is 408 g/mol. The number of esters is 1. The van der Waals surface area contributed by atoms with Gasteiger partial charge in [0.05, 0.1) is 18.9 Å². The molecule has 0 spiro atoms. The number of aromatic nitrogens is 2. The average Bonchev–Trinajstić information content (AvgIpc) is 3.34. The topological polar surface area (TPSA) is 94.8 Å². The first kappa shape index (κ1) is 21.8. The predicted octanol–water partition coefficient (Wildman–Crippen LogP) is 3.17. The summed E-state index contributed by atoms with van der Waals surface area (Å²) in [4.78, 5) is 30.8. The smallest absolute Gasteiger partial charge is 0.354 e. The van der Waals surface area contributed by atoms with E-state index in [0.717, 1.165) is 5.56 Å². The molecule has 0 bridgehead atoms. The van der Waals surface area contributed by atoms with Crippen molar-refractivity contribution in [3.63, 3.8) is 0 Å². The monoisotopic (exact) mass is 432 g/mol. The zero-order chi connectivity index (χ0) is 21.7. The fraction of sp³-hybridized carbons (Fsp3) is 0.429. The van der Waals surface area contributed by atoms with Crippen LogP contribution in [0.1, 0.15) is 49.3 Å². The summed E-state index contributed by atoms with van der Waals surface area (Å²) >= 11 is 6.07. The van der Waals surface area contributed by atoms with Gasteiger partial charge in [0.2, 0.25) is 5.60 Å². The quantitative estimate of drug-likeness (QED) is 0.646. The molecule has 2 aromatic rings. The van der Waals surface area contributed by atoms with E-state index in [4.69, 9.17) is 21.2 Å². The maximum atomic E-state index is 12.7. The molecule has 0 saturated heterocycles. The number of halogens is 1. The molecule has 0 radical (unpaired) electrons. The van der Waals surface area contributed by atoms with Gasteiger partial charge in [-0.15, -0.1) is 0 Å². The number of ether oxygens (including phenoxy) is 1. The molecule has 160 valence electrons. The second kappa shape index (κ2) is 9.30. The van der Waals surface area contributed by atoms with Gasteiger partial charge in [-0.1, -0.05) is 28.9 Å². The van der Waals surface area contributed by atoms with E-state index < -0.39 is 11.6 Å². The summed E-state index contributed by atoms with van der Waals surface area (Å²) in [5.41, 5.74) is 0.562. The highest BCUT2D eigenvalue weighted by Crippen LogP contribution is 2.30. The maximum Gasteiger partial charge on any atom is 0.354 e. The Morgan fingerprint density at radius 1 is 1.37 bits per heavy atom. The molecule has 8 nitrogen and oxygen atoms in total. The van der Waals surface area contributed by atoms with Crippen LogP contribution in [0.25, 0.3) is 0 Å². The molecule has 1 aliphatic heterocycles. The van der Waals surface area contributed by atoms with Crippen molar-refractivity contribution < 1.29 is 19.2 Å². The number of nitrogens with one attached hydrogen (secondary N) is 1. The third-order valence-electron chi connectivity index (χ3n) is 4.71. The Balaban J connectivity index is 1.68. The molecule has 0 aliphatic carbocycles. The number of amides is 1. The van der Waals surface area contributed by atoms with Crippen LogP contribution in [0.5, 0.6) is 0 Å². The number of carbonyl (C=O) groups excluding carboxylic acids is 2. The lowest BCUT2D eigenvalue weighted by atomic mass is 9.89. The van der Waals surface area contributed by atoms with Crippen molar-refractivity contribution in [2.45, 2.75) is 45.3 Å². The summed E-state index contributed by atoms with van der Waals surface area (Å²) in [6, 6.07) is 8.93. The Bertz CT molecular complexity index is 956. The molecule has 1 aliphatic rings. The minimum Gasteiger partial charge on any atom is -0.463 e. The van der Waals surface area contributed by atoms with Gasteiger partial charge in [-0.05, 0) is 44.5 Å². The summed E-state index contributed by atoms with van der Waals surface area (Å²) in [5, 5.41) is 11.6. The Hall–Kier alpha value is -2.87. The third kappa shape index (κ3) is 4.81. The lowest BCUT2D eigenvalue weighted by Crippen LogP contribution is -2.43. The Morgan fingerprint density at radius 3 is 2.87 bits per heavy atom. The normalized spacial score (nSPS) is 18.1. The van der Waals surface area contributed by atoms with Crippen LogP contribution in [0.15, 0.2) is 41.7 Å². The minimum absolute atomic E-state index is 0.0575. The van der Waals surface area contributed by atoms with Gasteiger partial charge in [-0.25, -0.2) is 4.79 Å². The zero-order valence-corrected chi connectivity index (χ0v) is 18.0. The van der Waals surface area contributed by atoms with Gasteiger partial charge in [0.15, 0.2) is 0 Å². The Labute approximate surface area is 180 Å². The highest BCUT2D eigenvalue weighted by Gasteiger charge is 2.48. The van der Waals surface area contributed by atoms with Crippen LogP contribution in [0.2, 0.25) is 5.02 Å². The minimum atomic E-state index is -1.28. The largest absolute Gasteiger partial charge is 0.463 e. The van der Waals surface area contributed by atoms with Crippen molar-refractivity contribution in [2.75, 3.05) is 13.2 Å². The summed E-state index contributed by atoms with van der Waals surface area (Å²) < 4.78 is 6.88. The second-order valence-corrected chi connectivity index (χ2v) is 7.82. The lowest BCUT2D eigenvalue weighted by Gasteiger charge is -2.24. The van der Waals surface area contributed by atoms with E-state index in [2.05, 4.69) is 15.6 Å². The number of rotatable bonds is 8. The molecule has 2 heterocycles. The van der Waals surface area contributed by atoms with Crippen molar-refractivity contribution >= 4 is 29.2 Å². The van der Waals surface area contributed by atoms with Gasteiger partial charge in [0, 0.05) is 30.1 Å². The molecule has 1 atom stereocenters. The highest BCUT2D eigenvalue weighted by molar-refractivity contribution is 6.30.